The van der Waals surface area contributed by atoms with Crippen LogP contribution in [0.15, 0.2) is 109 Å². The van der Waals surface area contributed by atoms with Crippen molar-refractivity contribution in [3.63, 3.8) is 0 Å². The number of hydrogen-bond donors (Lipinski definition) is 5. The van der Waals surface area contributed by atoms with Gasteiger partial charge in [-0.25, -0.2) is 4.39 Å². The number of nitrogens with one attached hydrogen (secondary N) is 2. The van der Waals surface area contributed by atoms with Crippen LogP contribution in [0.25, 0.3) is 22.4 Å². The third-order valence-corrected chi connectivity index (χ3v) is 8.38. The number of aliphatic hydroxyl groups is 2. The lowest BCUT2D eigenvalue weighted by atomic mass is 9.94. The molecule has 0 saturated heterocycles. The quantitative estimate of drug-likeness (QED) is 0.0775. The zero-order valence-electron chi connectivity index (χ0n) is 27.6. The molecule has 0 saturated carbocycles. The number of anilines is 2. The van der Waals surface area contributed by atoms with Gasteiger partial charge < -0.3 is 30.5 Å². The third kappa shape index (κ3) is 9.01. The van der Waals surface area contributed by atoms with Gasteiger partial charge in [-0.3, -0.25) is 9.59 Å². The maximum absolute atomic E-state index is 14.4. The van der Waals surface area contributed by atoms with Gasteiger partial charge in [0.05, 0.1) is 29.9 Å². The van der Waals surface area contributed by atoms with Gasteiger partial charge >= 0.3 is 5.97 Å². The molecule has 5 N–H and O–H groups in total. The average Bonchev–Trinajstić information content (AvgIpc) is 3.43. The summed E-state index contributed by atoms with van der Waals surface area (Å²) >= 11 is 0. The van der Waals surface area contributed by atoms with Crippen LogP contribution < -0.4 is 10.6 Å². The van der Waals surface area contributed by atoms with Crippen LogP contribution in [-0.4, -0.2) is 44.0 Å². The second-order valence-corrected chi connectivity index (χ2v) is 12.5. The van der Waals surface area contributed by atoms with Gasteiger partial charge in [0.15, 0.2) is 0 Å². The fourth-order valence-corrected chi connectivity index (χ4v) is 6.15. The molecule has 0 spiro atoms. The van der Waals surface area contributed by atoms with E-state index in [1.165, 1.54) is 12.1 Å². The number of nitrogens with zero attached hydrogens (tertiary/aromatic N) is 1. The molecular formula is C40H42FN3O5. The molecule has 2 atom stereocenters. The Morgan fingerprint density at radius 2 is 1.39 bits per heavy atom. The molecule has 4 aromatic carbocycles. The SMILES string of the molecule is CC(C)c1c(C(=O)Nc2ccc(NCc3ccccc3)cc2)c(-c2ccccc2)c(-c2ccc(F)cc2)n1CC[C@@H](O)C[C@@H](O)CC(=O)O. The number of carbonyl (C=O) groups excluding carboxylic acids is 1. The number of rotatable bonds is 15. The Hall–Kier alpha value is -5.25. The number of carboxylic acids is 1. The molecule has 0 unspecified atom stereocenters. The first-order chi connectivity index (χ1) is 23.6. The zero-order valence-corrected chi connectivity index (χ0v) is 27.6. The first kappa shape index (κ1) is 35.1. The van der Waals surface area contributed by atoms with Crippen LogP contribution in [0.4, 0.5) is 15.8 Å². The normalized spacial score (nSPS) is 12.4. The molecule has 5 aromatic rings. The Balaban J connectivity index is 1.54. The van der Waals surface area contributed by atoms with Crippen molar-refractivity contribution < 1.29 is 29.3 Å². The second-order valence-electron chi connectivity index (χ2n) is 12.5. The highest BCUT2D eigenvalue weighted by Gasteiger charge is 2.31. The summed E-state index contributed by atoms with van der Waals surface area (Å²) < 4.78 is 16.2. The predicted octanol–water partition coefficient (Wildman–Crippen LogP) is 7.93. The van der Waals surface area contributed by atoms with Crippen molar-refractivity contribution in [3.05, 3.63) is 132 Å². The van der Waals surface area contributed by atoms with Crippen LogP contribution in [0.5, 0.6) is 0 Å². The number of hydrogen-bond acceptors (Lipinski definition) is 5. The Morgan fingerprint density at radius 1 is 0.776 bits per heavy atom. The number of aliphatic hydroxyl groups excluding tert-OH is 2. The van der Waals surface area contributed by atoms with Crippen LogP contribution >= 0.6 is 0 Å². The molecule has 0 fully saturated rings. The summed E-state index contributed by atoms with van der Waals surface area (Å²) in [5.74, 6) is -1.99. The molecule has 1 amide bonds. The smallest absolute Gasteiger partial charge is 0.305 e. The lowest BCUT2D eigenvalue weighted by Gasteiger charge is -2.20. The van der Waals surface area contributed by atoms with Crippen LogP contribution in [0, 0.1) is 5.82 Å². The summed E-state index contributed by atoms with van der Waals surface area (Å²) in [7, 11) is 0. The van der Waals surface area contributed by atoms with Crippen molar-refractivity contribution in [1.82, 2.24) is 4.57 Å². The molecule has 254 valence electrons. The minimum atomic E-state index is -1.19. The maximum atomic E-state index is 14.4. The lowest BCUT2D eigenvalue weighted by molar-refractivity contribution is -0.139. The van der Waals surface area contributed by atoms with E-state index in [0.717, 1.165) is 22.5 Å². The van der Waals surface area contributed by atoms with Gasteiger partial charge in [0.2, 0.25) is 0 Å². The molecule has 0 aliphatic carbocycles. The van der Waals surface area contributed by atoms with Crippen LogP contribution in [-0.2, 0) is 17.9 Å². The van der Waals surface area contributed by atoms with Crippen molar-refractivity contribution in [2.24, 2.45) is 0 Å². The number of amides is 1. The van der Waals surface area contributed by atoms with E-state index in [-0.39, 0.29) is 31.2 Å². The van der Waals surface area contributed by atoms with Crippen molar-refractivity contribution in [1.29, 1.82) is 0 Å². The average molecular weight is 664 g/mol. The number of aromatic nitrogens is 1. The molecule has 9 heteroatoms. The highest BCUT2D eigenvalue weighted by molar-refractivity contribution is 6.12. The summed E-state index contributed by atoms with van der Waals surface area (Å²) in [5, 5.41) is 36.5. The first-order valence-corrected chi connectivity index (χ1v) is 16.5. The molecular weight excluding hydrogens is 621 g/mol. The topological polar surface area (TPSA) is 124 Å². The van der Waals surface area contributed by atoms with E-state index in [1.54, 1.807) is 12.1 Å². The number of aliphatic carboxylic acids is 1. The van der Waals surface area contributed by atoms with E-state index < -0.39 is 30.4 Å². The molecule has 1 aromatic heterocycles. The van der Waals surface area contributed by atoms with Gasteiger partial charge in [0.25, 0.3) is 5.91 Å². The number of benzene rings is 4. The Bertz CT molecular complexity index is 1840. The number of halogens is 1. The highest BCUT2D eigenvalue weighted by atomic mass is 19.1. The van der Waals surface area contributed by atoms with Gasteiger partial charge in [0.1, 0.15) is 5.82 Å². The van der Waals surface area contributed by atoms with Gasteiger partial charge in [-0.2, -0.15) is 0 Å². The van der Waals surface area contributed by atoms with Crippen molar-refractivity contribution in [3.8, 4) is 22.4 Å². The number of carboxylic acid groups (broad SMARTS) is 1. The van der Waals surface area contributed by atoms with E-state index in [9.17, 15) is 24.2 Å². The van der Waals surface area contributed by atoms with E-state index >= 15 is 0 Å². The summed E-state index contributed by atoms with van der Waals surface area (Å²) in [4.78, 5) is 25.5. The van der Waals surface area contributed by atoms with Gasteiger partial charge in [-0.05, 0) is 84.0 Å². The van der Waals surface area contributed by atoms with Gasteiger partial charge in [-0.1, -0.05) is 74.5 Å². The minimum absolute atomic E-state index is 0.106. The third-order valence-electron chi connectivity index (χ3n) is 8.38. The van der Waals surface area contributed by atoms with Crippen LogP contribution in [0.1, 0.15) is 60.6 Å². The second kappa shape index (κ2) is 16.2. The molecule has 8 nitrogen and oxygen atoms in total. The van der Waals surface area contributed by atoms with Crippen molar-refractivity contribution in [2.75, 3.05) is 10.6 Å². The fraction of sp³-hybridized carbons (Fsp3) is 0.250. The molecule has 5 rings (SSSR count). The standard InChI is InChI=1S/C40H42FN3O5/c1-26(2)38-37(40(49)43-32-19-17-31(18-20-32)42-25-27-9-5-3-6-10-27)36(28-11-7-4-8-12-28)39(29-13-15-30(41)16-14-29)44(38)22-21-33(45)23-34(46)24-35(47)48/h3-20,26,33-34,42,45-46H,21-25H2,1-2H3,(H,43,49)(H,47,48)/t33-,34-/m1/s1. The van der Waals surface area contributed by atoms with Crippen molar-refractivity contribution in [2.45, 2.75) is 64.3 Å². The maximum Gasteiger partial charge on any atom is 0.305 e. The zero-order chi connectivity index (χ0) is 34.9. The molecule has 1 heterocycles. The fourth-order valence-electron chi connectivity index (χ4n) is 6.15. The van der Waals surface area contributed by atoms with E-state index in [4.69, 9.17) is 5.11 Å². The first-order valence-electron chi connectivity index (χ1n) is 16.5. The molecule has 0 bridgehead atoms. The summed E-state index contributed by atoms with van der Waals surface area (Å²) in [5.41, 5.74) is 6.73. The van der Waals surface area contributed by atoms with Gasteiger partial charge in [0, 0.05) is 35.7 Å². The Kier molecular flexibility index (Phi) is 11.6. The van der Waals surface area contributed by atoms with E-state index in [0.29, 0.717) is 34.6 Å². The van der Waals surface area contributed by atoms with E-state index in [1.807, 2.05) is 103 Å². The minimum Gasteiger partial charge on any atom is -0.481 e. The lowest BCUT2D eigenvalue weighted by Crippen LogP contribution is -2.22. The van der Waals surface area contributed by atoms with Crippen LogP contribution in [0.2, 0.25) is 0 Å². The van der Waals surface area contributed by atoms with E-state index in [2.05, 4.69) is 10.6 Å². The highest BCUT2D eigenvalue weighted by Crippen LogP contribution is 2.42. The predicted molar refractivity (Wildman–Crippen MR) is 191 cm³/mol. The largest absolute Gasteiger partial charge is 0.481 e. The van der Waals surface area contributed by atoms with Crippen LogP contribution in [0.3, 0.4) is 0 Å². The summed E-state index contributed by atoms with van der Waals surface area (Å²) in [6, 6.07) is 33.2. The van der Waals surface area contributed by atoms with Gasteiger partial charge in [-0.15, -0.1) is 0 Å². The molecule has 0 aliphatic rings. The number of carbonyl (C=O) groups is 2. The summed E-state index contributed by atoms with van der Waals surface area (Å²) in [6.45, 7) is 4.91. The molecule has 0 aliphatic heterocycles. The molecule has 0 radical (unpaired) electrons. The monoisotopic (exact) mass is 663 g/mol. The van der Waals surface area contributed by atoms with Crippen molar-refractivity contribution >= 4 is 23.3 Å². The summed E-state index contributed by atoms with van der Waals surface area (Å²) in [6.07, 6.45) is -2.58. The molecule has 49 heavy (non-hydrogen) atoms. The Morgan fingerprint density at radius 3 is 2.00 bits per heavy atom. The Labute approximate surface area is 285 Å².